The molecule has 0 unspecified atom stereocenters. The van der Waals surface area contributed by atoms with E-state index in [1.165, 1.54) is 4.90 Å². The minimum Gasteiger partial charge on any atom is -0.369 e. The van der Waals surface area contributed by atoms with Crippen LogP contribution in [0, 0.1) is 16.0 Å². The van der Waals surface area contributed by atoms with Crippen molar-refractivity contribution in [1.82, 2.24) is 18.6 Å². The summed E-state index contributed by atoms with van der Waals surface area (Å²) in [6, 6.07) is 0.922. The number of rotatable bonds is 10. The topological polar surface area (TPSA) is 167 Å². The normalized spacial score (nSPS) is 18.0. The van der Waals surface area contributed by atoms with Crippen LogP contribution in [-0.2, 0) is 25.6 Å². The van der Waals surface area contributed by atoms with Crippen molar-refractivity contribution in [2.24, 2.45) is 5.92 Å². The predicted molar refractivity (Wildman–Crippen MR) is 140 cm³/mol. The first-order chi connectivity index (χ1) is 19.5. The maximum atomic E-state index is 13.3. The van der Waals surface area contributed by atoms with Crippen LogP contribution in [0.3, 0.4) is 0 Å². The first-order valence-electron chi connectivity index (χ1n) is 12.1. The van der Waals surface area contributed by atoms with Gasteiger partial charge in [-0.2, -0.15) is 35.0 Å². The summed E-state index contributed by atoms with van der Waals surface area (Å²) in [5, 5.41) is 20.2. The second-order valence-electron chi connectivity index (χ2n) is 10.0. The molecular formula is C21H26F6N6O7S3. The Kier molecular flexibility index (Phi) is 9.74. The summed E-state index contributed by atoms with van der Waals surface area (Å²) < 4.78 is 133. The van der Waals surface area contributed by atoms with Gasteiger partial charge < -0.3 is 10.0 Å². The summed E-state index contributed by atoms with van der Waals surface area (Å²) in [6.45, 7) is 1.96. The molecule has 0 aromatic carbocycles. The number of alkyl halides is 6. The molecular weight excluding hydrogens is 658 g/mol. The number of nitrogens with zero attached hydrogens (tertiary/aromatic N) is 6. The maximum Gasteiger partial charge on any atom is 0.430 e. The molecule has 2 aromatic rings. The lowest BCUT2D eigenvalue weighted by Crippen LogP contribution is -2.59. The quantitative estimate of drug-likeness (QED) is 0.223. The van der Waals surface area contributed by atoms with E-state index in [9.17, 15) is 58.4 Å². The number of aromatic nitrogens is 2. The van der Waals surface area contributed by atoms with Crippen molar-refractivity contribution in [3.05, 3.63) is 40.2 Å². The van der Waals surface area contributed by atoms with Crippen molar-refractivity contribution in [3.63, 3.8) is 0 Å². The van der Waals surface area contributed by atoms with Gasteiger partial charge in [0.2, 0.25) is 16.0 Å². The second-order valence-corrected chi connectivity index (χ2v) is 15.2. The van der Waals surface area contributed by atoms with E-state index >= 15 is 0 Å². The lowest BCUT2D eigenvalue weighted by Gasteiger charge is -2.42. The Morgan fingerprint density at radius 2 is 1.65 bits per heavy atom. The van der Waals surface area contributed by atoms with Crippen molar-refractivity contribution in [1.29, 1.82) is 0 Å². The van der Waals surface area contributed by atoms with Crippen molar-refractivity contribution in [2.75, 3.05) is 43.9 Å². The zero-order valence-electron chi connectivity index (χ0n) is 22.6. The van der Waals surface area contributed by atoms with E-state index in [4.69, 9.17) is 0 Å². The van der Waals surface area contributed by atoms with Crippen molar-refractivity contribution >= 4 is 42.3 Å². The number of thiophene rings is 1. The van der Waals surface area contributed by atoms with E-state index in [1.54, 1.807) is 13.8 Å². The number of sulfonamides is 2. The summed E-state index contributed by atoms with van der Waals surface area (Å²) in [5.74, 6) is -0.654. The van der Waals surface area contributed by atoms with Crippen molar-refractivity contribution in [3.8, 4) is 0 Å². The zero-order chi connectivity index (χ0) is 32.8. The molecule has 1 fully saturated rings. The van der Waals surface area contributed by atoms with Gasteiger partial charge in [0.15, 0.2) is 0 Å². The summed E-state index contributed by atoms with van der Waals surface area (Å²) in [7, 11) is -8.23. The van der Waals surface area contributed by atoms with Gasteiger partial charge in [0.1, 0.15) is 4.21 Å². The van der Waals surface area contributed by atoms with E-state index in [2.05, 4.69) is 9.97 Å². The van der Waals surface area contributed by atoms with Gasteiger partial charge in [0.25, 0.3) is 15.6 Å². The van der Waals surface area contributed by atoms with Crippen molar-refractivity contribution in [2.45, 2.75) is 42.1 Å². The number of hydrogen-bond donors (Lipinski definition) is 1. The smallest absolute Gasteiger partial charge is 0.369 e. The lowest BCUT2D eigenvalue weighted by atomic mass is 9.95. The molecule has 3 heterocycles. The van der Waals surface area contributed by atoms with Crippen LogP contribution in [-0.4, -0.2) is 103 Å². The van der Waals surface area contributed by atoms with Gasteiger partial charge in [0, 0.05) is 56.7 Å². The molecule has 0 aliphatic carbocycles. The van der Waals surface area contributed by atoms with E-state index in [-0.39, 0.29) is 48.7 Å². The molecule has 22 heteroatoms. The van der Waals surface area contributed by atoms with Crippen LogP contribution in [0.1, 0.15) is 19.4 Å². The minimum atomic E-state index is -6.18. The molecule has 0 bridgehead atoms. The molecule has 1 saturated heterocycles. The molecule has 0 radical (unpaired) electrons. The zero-order valence-corrected chi connectivity index (χ0v) is 25.0. The number of anilines is 1. The summed E-state index contributed by atoms with van der Waals surface area (Å²) >= 11 is 0.394. The third kappa shape index (κ3) is 7.19. The van der Waals surface area contributed by atoms with Crippen LogP contribution < -0.4 is 4.90 Å². The fourth-order valence-corrected chi connectivity index (χ4v) is 8.01. The molecule has 0 saturated carbocycles. The summed E-state index contributed by atoms with van der Waals surface area (Å²) in [5.41, 5.74) is -7.00. The molecule has 1 aliphatic rings. The molecule has 1 N–H and O–H groups in total. The number of halogens is 6. The highest BCUT2D eigenvalue weighted by Gasteiger charge is 2.71. The van der Waals surface area contributed by atoms with Gasteiger partial charge in [-0.15, -0.1) is 0 Å². The average Bonchev–Trinajstić information content (AvgIpc) is 3.38. The van der Waals surface area contributed by atoms with Crippen molar-refractivity contribution < 1.29 is 53.2 Å². The maximum absolute atomic E-state index is 13.3. The van der Waals surface area contributed by atoms with Gasteiger partial charge >= 0.3 is 17.4 Å². The van der Waals surface area contributed by atoms with Gasteiger partial charge in [-0.25, -0.2) is 26.8 Å². The number of piperazine rings is 1. The Morgan fingerprint density at radius 1 is 1.09 bits per heavy atom. The first-order valence-corrected chi connectivity index (χ1v) is 16.2. The highest BCUT2D eigenvalue weighted by atomic mass is 32.2. The molecule has 1 atom stereocenters. The van der Waals surface area contributed by atoms with Crippen LogP contribution >= 0.6 is 11.3 Å². The van der Waals surface area contributed by atoms with Crippen LogP contribution in [0.5, 0.6) is 0 Å². The molecule has 0 spiro atoms. The Labute approximate surface area is 246 Å². The summed E-state index contributed by atoms with van der Waals surface area (Å²) in [6.07, 6.45) is -11.2. The van der Waals surface area contributed by atoms with E-state index in [1.807, 2.05) is 0 Å². The highest BCUT2D eigenvalue weighted by molar-refractivity contribution is 7.91. The number of aliphatic hydroxyl groups is 1. The Balaban J connectivity index is 2.03. The third-order valence-electron chi connectivity index (χ3n) is 6.37. The van der Waals surface area contributed by atoms with Crippen LogP contribution in [0.2, 0.25) is 0 Å². The van der Waals surface area contributed by atoms with Gasteiger partial charge in [0.05, 0.1) is 17.2 Å². The van der Waals surface area contributed by atoms with Gasteiger partial charge in [-0.3, -0.25) is 10.1 Å². The van der Waals surface area contributed by atoms with Crippen LogP contribution in [0.15, 0.2) is 28.7 Å². The van der Waals surface area contributed by atoms with E-state index in [0.717, 1.165) is 27.0 Å². The number of nitro groups is 1. The fourth-order valence-electron chi connectivity index (χ4n) is 4.27. The Bertz CT molecular complexity index is 1520. The fraction of sp³-hybridized carbons (Fsp3) is 0.619. The van der Waals surface area contributed by atoms with E-state index < -0.39 is 72.0 Å². The Morgan fingerprint density at radius 3 is 2.09 bits per heavy atom. The molecule has 3 rings (SSSR count). The largest absolute Gasteiger partial charge is 0.430 e. The summed E-state index contributed by atoms with van der Waals surface area (Å²) in [4.78, 5) is 18.7. The number of hydrogen-bond acceptors (Lipinski definition) is 11. The Hall–Kier alpha value is -2.66. The lowest BCUT2D eigenvalue weighted by molar-refractivity contribution is -0.380. The molecule has 43 heavy (non-hydrogen) atoms. The molecule has 1 aliphatic heterocycles. The monoisotopic (exact) mass is 684 g/mol. The molecule has 13 nitrogen and oxygen atoms in total. The second kappa shape index (κ2) is 12.0. The van der Waals surface area contributed by atoms with Gasteiger partial charge in [-0.1, -0.05) is 13.8 Å². The van der Waals surface area contributed by atoms with Gasteiger partial charge in [-0.05, 0) is 23.3 Å². The standard InChI is InChI=1S/C21H26F6N6O7S3/c1-13(2)10-31(42(3,37)38)12-15-11-30(43(39,40)17-5-4-16(41-17)33(35)36)6-7-32(15)18-28-8-14(9-29-18)19(34,20(22,23)24)21(25,26)27/h4-5,8-9,13,15,34H,6-7,10-12H2,1-3H3/t15-/m1/s1. The predicted octanol–water partition coefficient (Wildman–Crippen LogP) is 2.56. The third-order valence-corrected chi connectivity index (χ3v) is 11.0. The average molecular weight is 685 g/mol. The molecule has 2 aromatic heterocycles. The van der Waals surface area contributed by atoms with E-state index in [0.29, 0.717) is 11.3 Å². The first kappa shape index (κ1) is 34.8. The van der Waals surface area contributed by atoms with Crippen LogP contribution in [0.4, 0.5) is 37.3 Å². The molecule has 0 amide bonds. The minimum absolute atomic E-state index is 0.0168. The highest BCUT2D eigenvalue weighted by Crippen LogP contribution is 2.49. The van der Waals surface area contributed by atoms with Crippen LogP contribution in [0.25, 0.3) is 0 Å². The SMILES string of the molecule is CC(C)CN(C[C@H]1CN(S(=O)(=O)c2ccc([N+](=O)[O-])s2)CCN1c1ncc(C(O)(C(F)(F)F)C(F)(F)F)cn1)S(C)(=O)=O. The molecule has 242 valence electrons.